The molecule has 4 aromatic rings. The Labute approximate surface area is 219 Å². The quantitative estimate of drug-likeness (QED) is 0.179. The van der Waals surface area contributed by atoms with Gasteiger partial charge in [0.25, 0.3) is 5.91 Å². The van der Waals surface area contributed by atoms with E-state index in [1.165, 1.54) is 24.9 Å². The highest BCUT2D eigenvalue weighted by atomic mass is 32.2. The van der Waals surface area contributed by atoms with Crippen molar-refractivity contribution in [1.29, 1.82) is 0 Å². The van der Waals surface area contributed by atoms with Crippen LogP contribution in [-0.2, 0) is 4.79 Å². The van der Waals surface area contributed by atoms with E-state index in [0.717, 1.165) is 17.0 Å². The maximum atomic E-state index is 12.6. The van der Waals surface area contributed by atoms with E-state index in [-0.39, 0.29) is 17.4 Å². The maximum absolute atomic E-state index is 12.6. The first-order valence-electron chi connectivity index (χ1n) is 11.6. The Hall–Kier alpha value is -4.31. The molecule has 0 aliphatic heterocycles. The van der Waals surface area contributed by atoms with Crippen LogP contribution in [0.15, 0.2) is 83.1 Å². The molecule has 9 nitrogen and oxygen atoms in total. The van der Waals surface area contributed by atoms with Crippen LogP contribution >= 0.6 is 11.8 Å². The fourth-order valence-corrected chi connectivity index (χ4v) is 4.25. The molecule has 0 bridgehead atoms. The van der Waals surface area contributed by atoms with Crippen molar-refractivity contribution in [2.45, 2.75) is 19.0 Å². The minimum absolute atomic E-state index is 0.0333. The number of thioether (sulfide) groups is 1. The lowest BCUT2D eigenvalue weighted by molar-refractivity contribution is -0.118. The zero-order valence-corrected chi connectivity index (χ0v) is 21.5. The minimum Gasteiger partial charge on any atom is -0.504 e. The summed E-state index contributed by atoms with van der Waals surface area (Å²) in [6.07, 6.45) is 0. The van der Waals surface area contributed by atoms with E-state index in [2.05, 4.69) is 20.7 Å². The molecule has 4 rings (SSSR count). The molecule has 190 valence electrons. The van der Waals surface area contributed by atoms with Gasteiger partial charge in [-0.15, -0.1) is 10.2 Å². The predicted octanol–water partition coefficient (Wildman–Crippen LogP) is 4.68. The predicted molar refractivity (Wildman–Crippen MR) is 144 cm³/mol. The van der Waals surface area contributed by atoms with Crippen LogP contribution in [0.4, 0.5) is 0 Å². The number of aromatic nitrogens is 3. The number of nitrogens with one attached hydrogen (secondary N) is 1. The van der Waals surface area contributed by atoms with Crippen molar-refractivity contribution in [3.8, 4) is 34.3 Å². The van der Waals surface area contributed by atoms with Gasteiger partial charge >= 0.3 is 0 Å². The van der Waals surface area contributed by atoms with E-state index in [9.17, 15) is 9.90 Å². The van der Waals surface area contributed by atoms with Crippen molar-refractivity contribution in [2.75, 3.05) is 19.5 Å². The minimum atomic E-state index is -0.294. The van der Waals surface area contributed by atoms with Gasteiger partial charge in [0.05, 0.1) is 25.2 Å². The SMILES string of the molecule is CCOc1ccc(-n2c(SCC(=O)N/N=C(\C)c3ccc(O)c(OC)c3)nnc2-c2ccccc2)cc1. The number of hydrogen-bond acceptors (Lipinski definition) is 8. The molecule has 0 fully saturated rings. The van der Waals surface area contributed by atoms with Crippen LogP contribution in [0.2, 0.25) is 0 Å². The summed E-state index contributed by atoms with van der Waals surface area (Å²) < 4.78 is 12.6. The zero-order chi connectivity index (χ0) is 26.2. The monoisotopic (exact) mass is 517 g/mol. The summed E-state index contributed by atoms with van der Waals surface area (Å²) >= 11 is 1.26. The molecule has 1 amide bonds. The molecule has 0 atom stereocenters. The maximum Gasteiger partial charge on any atom is 0.250 e. The molecular formula is C27H27N5O4S. The Balaban J connectivity index is 1.51. The second kappa shape index (κ2) is 12.1. The Morgan fingerprint density at radius 1 is 1.08 bits per heavy atom. The molecule has 37 heavy (non-hydrogen) atoms. The normalized spacial score (nSPS) is 11.3. The lowest BCUT2D eigenvalue weighted by Gasteiger charge is -2.11. The average Bonchev–Trinajstić information content (AvgIpc) is 3.36. The van der Waals surface area contributed by atoms with Crippen molar-refractivity contribution >= 4 is 23.4 Å². The number of hydrazone groups is 1. The summed E-state index contributed by atoms with van der Waals surface area (Å²) in [5, 5.41) is 23.3. The molecule has 0 aliphatic carbocycles. The molecule has 3 aromatic carbocycles. The highest BCUT2D eigenvalue weighted by Gasteiger charge is 2.17. The Morgan fingerprint density at radius 3 is 2.54 bits per heavy atom. The molecule has 2 N–H and O–H groups in total. The molecule has 10 heteroatoms. The lowest BCUT2D eigenvalue weighted by atomic mass is 10.1. The second-order valence-corrected chi connectivity index (χ2v) is 8.78. The van der Waals surface area contributed by atoms with E-state index in [4.69, 9.17) is 9.47 Å². The largest absolute Gasteiger partial charge is 0.504 e. The van der Waals surface area contributed by atoms with E-state index in [1.54, 1.807) is 19.1 Å². The fourth-order valence-electron chi connectivity index (χ4n) is 3.50. The van der Waals surface area contributed by atoms with Gasteiger partial charge in [0, 0.05) is 16.8 Å². The van der Waals surface area contributed by atoms with Crippen LogP contribution in [0.25, 0.3) is 17.1 Å². The molecule has 0 spiro atoms. The van der Waals surface area contributed by atoms with Gasteiger partial charge in [0.1, 0.15) is 5.75 Å². The van der Waals surface area contributed by atoms with Crippen LogP contribution in [0.3, 0.4) is 0 Å². The first-order valence-corrected chi connectivity index (χ1v) is 12.6. The smallest absolute Gasteiger partial charge is 0.250 e. The lowest BCUT2D eigenvalue weighted by Crippen LogP contribution is -2.21. The summed E-state index contributed by atoms with van der Waals surface area (Å²) in [6.45, 7) is 4.28. The van der Waals surface area contributed by atoms with Gasteiger partial charge in [-0.1, -0.05) is 42.1 Å². The Morgan fingerprint density at radius 2 is 1.84 bits per heavy atom. The summed E-state index contributed by atoms with van der Waals surface area (Å²) in [4.78, 5) is 12.6. The number of benzene rings is 3. The highest BCUT2D eigenvalue weighted by Crippen LogP contribution is 2.29. The Kier molecular flexibility index (Phi) is 8.42. The molecule has 0 saturated heterocycles. The van der Waals surface area contributed by atoms with Gasteiger partial charge in [0.2, 0.25) is 0 Å². The average molecular weight is 518 g/mol. The molecule has 0 saturated carbocycles. The number of nitrogens with zero attached hydrogens (tertiary/aromatic N) is 4. The summed E-state index contributed by atoms with van der Waals surface area (Å²) in [7, 11) is 1.47. The Bertz CT molecular complexity index is 1390. The van der Waals surface area contributed by atoms with Crippen molar-refractivity contribution < 1.29 is 19.4 Å². The third-order valence-electron chi connectivity index (χ3n) is 5.35. The number of ether oxygens (including phenoxy) is 2. The third kappa shape index (κ3) is 6.28. The number of phenolic OH excluding ortho intramolecular Hbond substituents is 1. The van der Waals surface area contributed by atoms with Crippen molar-refractivity contribution in [3.63, 3.8) is 0 Å². The van der Waals surface area contributed by atoms with Crippen LogP contribution in [0.1, 0.15) is 19.4 Å². The third-order valence-corrected chi connectivity index (χ3v) is 6.28. The molecular weight excluding hydrogens is 490 g/mol. The van der Waals surface area contributed by atoms with Crippen molar-refractivity contribution in [2.24, 2.45) is 5.10 Å². The van der Waals surface area contributed by atoms with Gasteiger partial charge in [-0.2, -0.15) is 5.10 Å². The van der Waals surface area contributed by atoms with Crippen LogP contribution < -0.4 is 14.9 Å². The number of carbonyl (C=O) groups is 1. The van der Waals surface area contributed by atoms with E-state index < -0.39 is 0 Å². The van der Waals surface area contributed by atoms with E-state index in [0.29, 0.717) is 34.6 Å². The zero-order valence-electron chi connectivity index (χ0n) is 20.7. The number of amides is 1. The fraction of sp³-hybridized carbons (Fsp3) is 0.185. The van der Waals surface area contributed by atoms with Crippen LogP contribution in [-0.4, -0.2) is 51.0 Å². The number of methoxy groups -OCH3 is 1. The van der Waals surface area contributed by atoms with Crippen molar-refractivity contribution in [1.82, 2.24) is 20.2 Å². The van der Waals surface area contributed by atoms with Gasteiger partial charge in [-0.3, -0.25) is 9.36 Å². The van der Waals surface area contributed by atoms with Gasteiger partial charge in [0.15, 0.2) is 22.5 Å². The molecule has 1 aromatic heterocycles. The van der Waals surface area contributed by atoms with Crippen molar-refractivity contribution in [3.05, 3.63) is 78.4 Å². The highest BCUT2D eigenvalue weighted by molar-refractivity contribution is 7.99. The number of phenols is 1. The molecule has 1 heterocycles. The second-order valence-electron chi connectivity index (χ2n) is 7.84. The van der Waals surface area contributed by atoms with Gasteiger partial charge in [-0.25, -0.2) is 5.43 Å². The van der Waals surface area contributed by atoms with E-state index >= 15 is 0 Å². The first kappa shape index (κ1) is 25.8. The summed E-state index contributed by atoms with van der Waals surface area (Å²) in [6, 6.07) is 22.3. The molecule has 0 aliphatic rings. The van der Waals surface area contributed by atoms with E-state index in [1.807, 2.05) is 66.1 Å². The standard InChI is InChI=1S/C27H27N5O4S/c1-4-36-22-13-11-21(12-14-22)32-26(19-8-6-5-7-9-19)30-31-27(32)37-17-25(34)29-28-18(2)20-10-15-23(33)24(16-20)35-3/h5-16,33H,4,17H2,1-3H3,(H,29,34)/b28-18+. The summed E-state index contributed by atoms with van der Waals surface area (Å²) in [5.41, 5.74) is 5.62. The van der Waals surface area contributed by atoms with Gasteiger partial charge in [-0.05, 0) is 56.3 Å². The number of rotatable bonds is 10. The molecule has 0 radical (unpaired) electrons. The molecule has 0 unspecified atom stereocenters. The summed E-state index contributed by atoms with van der Waals surface area (Å²) in [5.74, 6) is 1.59. The van der Waals surface area contributed by atoms with Gasteiger partial charge < -0.3 is 14.6 Å². The topological polar surface area (TPSA) is 111 Å². The van der Waals surface area contributed by atoms with Crippen LogP contribution in [0.5, 0.6) is 17.2 Å². The number of aromatic hydroxyl groups is 1. The number of carbonyl (C=O) groups excluding carboxylic acids is 1. The number of hydrogen-bond donors (Lipinski definition) is 2. The first-order chi connectivity index (χ1) is 18.0. The van der Waals surface area contributed by atoms with Crippen LogP contribution in [0, 0.1) is 0 Å².